The molecule has 3 amide bonds. The molecule has 7 heterocycles. The predicted molar refractivity (Wildman–Crippen MR) is 244 cm³/mol. The molecule has 4 saturated heterocycles. The summed E-state index contributed by atoms with van der Waals surface area (Å²) in [5, 5.41) is 18.6. The van der Waals surface area contributed by atoms with E-state index < -0.39 is 17.8 Å². The molecule has 5 aromatic rings. The van der Waals surface area contributed by atoms with Gasteiger partial charge < -0.3 is 34.8 Å². The Morgan fingerprint density at radius 3 is 2.54 bits per heavy atom. The largest absolute Gasteiger partial charge is 0.508 e. The van der Waals surface area contributed by atoms with Crippen LogP contribution in [0.25, 0.3) is 32.9 Å². The number of phenols is 1. The number of terminal acetylenes is 1. The number of anilines is 2. The van der Waals surface area contributed by atoms with Crippen LogP contribution in [0, 0.1) is 29.5 Å². The summed E-state index contributed by atoms with van der Waals surface area (Å²) in [5.41, 5.74) is 3.71. The van der Waals surface area contributed by atoms with Crippen LogP contribution in [0.3, 0.4) is 0 Å². The Kier molecular flexibility index (Phi) is 10.3. The van der Waals surface area contributed by atoms with Gasteiger partial charge in [0.1, 0.15) is 28.8 Å². The molecule has 6 aliphatic rings. The van der Waals surface area contributed by atoms with E-state index in [1.807, 2.05) is 24.3 Å². The molecule has 2 aromatic heterocycles. The number of imide groups is 1. The predicted octanol–water partition coefficient (Wildman–Crippen LogP) is 5.38. The smallest absolute Gasteiger partial charge is 0.319 e. The number of aromatic nitrogens is 3. The lowest BCUT2D eigenvalue weighted by molar-refractivity contribution is -0.136. The standard InChI is InChI=1S/C50H52FN9O5/c1-3-30-5-4-6-31-20-36(61)21-38(42(30)31)44-43(51)45-39(22-52-44)46(59-25-33-7-8-34(26-59)53-33)56-49(55-45)65-28-50(15-16-50)27-57(2)23-29-13-17-58(18-14-29)35-9-10-37-32(19-35)24-60(48(37)64)40-11-12-41(62)54-47(40)63/h1,4-6,9-10,19-22,29,33-34,40,53,61H,7-8,11-18,23-28H2,2H3,(H,54,62,63). The number of amides is 3. The Hall–Kier alpha value is -6.37. The third-order valence-corrected chi connectivity index (χ3v) is 14.7. The summed E-state index contributed by atoms with van der Waals surface area (Å²) in [5.74, 6) is 2.37. The number of rotatable bonds is 11. The molecule has 334 valence electrons. The van der Waals surface area contributed by atoms with E-state index in [1.54, 1.807) is 23.2 Å². The first kappa shape index (κ1) is 41.3. The summed E-state index contributed by atoms with van der Waals surface area (Å²) >= 11 is 0. The summed E-state index contributed by atoms with van der Waals surface area (Å²) in [6, 6.07) is 14.7. The van der Waals surface area contributed by atoms with Gasteiger partial charge in [-0.1, -0.05) is 18.1 Å². The number of phenolic OH excluding ortho intramolecular Hbond substituents is 1. The normalized spacial score (nSPS) is 22.8. The lowest BCUT2D eigenvalue weighted by Crippen LogP contribution is -2.52. The van der Waals surface area contributed by atoms with Crippen molar-refractivity contribution >= 4 is 50.9 Å². The van der Waals surface area contributed by atoms with Gasteiger partial charge in [0.05, 0.1) is 12.0 Å². The number of nitrogens with zero attached hydrogens (tertiary/aromatic N) is 7. The van der Waals surface area contributed by atoms with E-state index in [-0.39, 0.29) is 46.6 Å². The highest BCUT2D eigenvalue weighted by Gasteiger charge is 2.45. The maximum Gasteiger partial charge on any atom is 0.319 e. The van der Waals surface area contributed by atoms with E-state index in [0.717, 1.165) is 89.0 Å². The van der Waals surface area contributed by atoms with E-state index >= 15 is 4.39 Å². The average molecular weight is 878 g/mol. The fourth-order valence-corrected chi connectivity index (χ4v) is 11.2. The molecule has 3 aromatic carbocycles. The topological polar surface area (TPSA) is 156 Å². The fourth-order valence-electron chi connectivity index (χ4n) is 11.2. The Morgan fingerprint density at radius 1 is 0.985 bits per heavy atom. The Balaban J connectivity index is 0.767. The second kappa shape index (κ2) is 16.3. The third kappa shape index (κ3) is 7.76. The van der Waals surface area contributed by atoms with Crippen molar-refractivity contribution in [2.45, 2.75) is 76.0 Å². The van der Waals surface area contributed by atoms with Gasteiger partial charge in [-0.15, -0.1) is 6.42 Å². The highest BCUT2D eigenvalue weighted by molar-refractivity contribution is 6.06. The first-order valence-corrected chi connectivity index (χ1v) is 23.0. The van der Waals surface area contributed by atoms with Crippen LogP contribution in [0.5, 0.6) is 11.8 Å². The lowest BCUT2D eigenvalue weighted by atomic mass is 9.95. The van der Waals surface area contributed by atoms with Crippen molar-refractivity contribution in [3.8, 4) is 35.4 Å². The van der Waals surface area contributed by atoms with Crippen molar-refractivity contribution < 1.29 is 28.6 Å². The molecule has 65 heavy (non-hydrogen) atoms. The van der Waals surface area contributed by atoms with E-state index in [4.69, 9.17) is 21.1 Å². The van der Waals surface area contributed by atoms with Crippen LogP contribution in [-0.4, -0.2) is 119 Å². The highest BCUT2D eigenvalue weighted by Crippen LogP contribution is 2.47. The molecule has 5 fully saturated rings. The minimum atomic E-state index is -0.623. The SMILES string of the molecule is C#Cc1cccc2cc(O)cc(-c3ncc4c(N5CC6CCC(C5)N6)nc(OCC5(CN(C)CC6CCN(c7ccc8c(c7)CN(C7CCC(=O)NC7=O)C8=O)CC6)CC5)nc4c3F)c12. The molecule has 5 aliphatic heterocycles. The number of hydrogen-bond acceptors (Lipinski definition) is 12. The van der Waals surface area contributed by atoms with Crippen LogP contribution in [0.2, 0.25) is 0 Å². The number of hydrogen-bond donors (Lipinski definition) is 3. The molecule has 3 atom stereocenters. The van der Waals surface area contributed by atoms with Crippen molar-refractivity contribution in [3.05, 3.63) is 77.2 Å². The molecule has 1 aliphatic carbocycles. The van der Waals surface area contributed by atoms with Crippen molar-refractivity contribution in [3.63, 3.8) is 0 Å². The second-order valence-electron chi connectivity index (χ2n) is 19.3. The molecule has 3 unspecified atom stereocenters. The summed E-state index contributed by atoms with van der Waals surface area (Å²) in [6.07, 6.45) is 14.4. The van der Waals surface area contributed by atoms with Crippen LogP contribution in [-0.2, 0) is 16.1 Å². The number of halogens is 1. The van der Waals surface area contributed by atoms with Gasteiger partial charge in [0.2, 0.25) is 11.8 Å². The van der Waals surface area contributed by atoms with Gasteiger partial charge in [-0.05, 0) is 105 Å². The zero-order chi connectivity index (χ0) is 44.6. The number of fused-ring (bicyclic) bond motifs is 5. The van der Waals surface area contributed by atoms with Crippen LogP contribution < -0.4 is 25.2 Å². The van der Waals surface area contributed by atoms with E-state index in [9.17, 15) is 19.5 Å². The van der Waals surface area contributed by atoms with Gasteiger partial charge in [-0.3, -0.25) is 24.7 Å². The molecule has 1 saturated carbocycles. The Morgan fingerprint density at radius 2 is 1.78 bits per heavy atom. The quantitative estimate of drug-likeness (QED) is 0.115. The molecule has 2 bridgehead atoms. The summed E-state index contributed by atoms with van der Waals surface area (Å²) < 4.78 is 23.6. The molecule has 0 radical (unpaired) electrons. The Bertz CT molecular complexity index is 2810. The van der Waals surface area contributed by atoms with Crippen LogP contribution in [0.1, 0.15) is 72.9 Å². The maximum atomic E-state index is 17.1. The van der Waals surface area contributed by atoms with Gasteiger partial charge in [0, 0.05) is 104 Å². The lowest BCUT2D eigenvalue weighted by Gasteiger charge is -2.36. The van der Waals surface area contributed by atoms with Crippen molar-refractivity contribution in [2.75, 3.05) is 62.7 Å². The minimum Gasteiger partial charge on any atom is -0.508 e. The van der Waals surface area contributed by atoms with Gasteiger partial charge in [-0.25, -0.2) is 4.39 Å². The monoisotopic (exact) mass is 877 g/mol. The number of piperidine rings is 2. The average Bonchev–Trinajstić information content (AvgIpc) is 3.87. The number of benzene rings is 3. The molecule has 15 heteroatoms. The van der Waals surface area contributed by atoms with E-state index in [1.165, 1.54) is 6.07 Å². The molecule has 14 nitrogen and oxygen atoms in total. The first-order valence-electron chi connectivity index (χ1n) is 23.0. The van der Waals surface area contributed by atoms with E-state index in [2.05, 4.69) is 49.4 Å². The third-order valence-electron chi connectivity index (χ3n) is 14.7. The maximum absolute atomic E-state index is 17.1. The second-order valence-corrected chi connectivity index (χ2v) is 19.3. The molecular weight excluding hydrogens is 826 g/mol. The number of ether oxygens (including phenoxy) is 1. The Labute approximate surface area is 376 Å². The van der Waals surface area contributed by atoms with Gasteiger partial charge in [-0.2, -0.15) is 9.97 Å². The van der Waals surface area contributed by atoms with Gasteiger partial charge >= 0.3 is 6.01 Å². The number of nitrogens with one attached hydrogen (secondary N) is 2. The zero-order valence-electron chi connectivity index (χ0n) is 36.5. The molecule has 11 rings (SSSR count). The summed E-state index contributed by atoms with van der Waals surface area (Å²) in [4.78, 5) is 60.5. The highest BCUT2D eigenvalue weighted by atomic mass is 19.1. The minimum absolute atomic E-state index is 0.0192. The van der Waals surface area contributed by atoms with Crippen molar-refractivity contribution in [2.24, 2.45) is 11.3 Å². The number of piperazine rings is 1. The zero-order valence-corrected chi connectivity index (χ0v) is 36.5. The van der Waals surface area contributed by atoms with Crippen LogP contribution in [0.15, 0.2) is 54.7 Å². The summed E-state index contributed by atoms with van der Waals surface area (Å²) in [7, 11) is 2.18. The molecular formula is C50H52FN9O5. The number of pyridine rings is 1. The summed E-state index contributed by atoms with van der Waals surface area (Å²) in [6.45, 7) is 5.90. The molecule has 3 N–H and O–H groups in total. The first-order chi connectivity index (χ1) is 31.5. The number of carbonyl (C=O) groups is 3. The van der Waals surface area contributed by atoms with Crippen molar-refractivity contribution in [1.29, 1.82) is 0 Å². The fraction of sp³-hybridized carbons (Fsp3) is 0.440. The van der Waals surface area contributed by atoms with E-state index in [0.29, 0.717) is 76.2 Å². The van der Waals surface area contributed by atoms with Crippen molar-refractivity contribution in [1.82, 2.24) is 35.4 Å². The van der Waals surface area contributed by atoms with Crippen LogP contribution in [0.4, 0.5) is 15.9 Å². The van der Waals surface area contributed by atoms with Gasteiger partial charge in [0.15, 0.2) is 5.82 Å². The molecule has 0 spiro atoms. The van der Waals surface area contributed by atoms with Gasteiger partial charge in [0.25, 0.3) is 5.91 Å². The number of carbonyl (C=O) groups excluding carboxylic acids is 3. The van der Waals surface area contributed by atoms with Crippen LogP contribution >= 0.6 is 0 Å². The number of aromatic hydroxyl groups is 1.